The lowest BCUT2D eigenvalue weighted by Crippen LogP contribution is -2.48. The van der Waals surface area contributed by atoms with E-state index in [-0.39, 0.29) is 11.5 Å². The molecule has 1 spiro atoms. The summed E-state index contributed by atoms with van der Waals surface area (Å²) in [5.41, 5.74) is 2.19. The number of nitrogens with zero attached hydrogens (tertiary/aromatic N) is 2. The molecule has 0 saturated carbocycles. The van der Waals surface area contributed by atoms with Crippen LogP contribution in [0.3, 0.4) is 0 Å². The Labute approximate surface area is 140 Å². The van der Waals surface area contributed by atoms with Gasteiger partial charge < -0.3 is 9.64 Å². The molecule has 0 unspecified atom stereocenters. The van der Waals surface area contributed by atoms with Crippen LogP contribution >= 0.6 is 11.3 Å². The van der Waals surface area contributed by atoms with Gasteiger partial charge in [0.15, 0.2) is 0 Å². The molecule has 2 aliphatic rings. The first-order valence-electron chi connectivity index (χ1n) is 8.14. The number of hydrogen-bond donors (Lipinski definition) is 0. The summed E-state index contributed by atoms with van der Waals surface area (Å²) < 4.78 is 6.20. The second-order valence-corrected chi connectivity index (χ2v) is 7.27. The Morgan fingerprint density at radius 2 is 2.22 bits per heavy atom. The van der Waals surface area contributed by atoms with E-state index < -0.39 is 0 Å². The summed E-state index contributed by atoms with van der Waals surface area (Å²) in [6.45, 7) is 2.35. The predicted octanol–water partition coefficient (Wildman–Crippen LogP) is 2.78. The van der Waals surface area contributed by atoms with Crippen LogP contribution in [0, 0.1) is 0 Å². The lowest BCUT2D eigenvalue weighted by Gasteiger charge is -2.44. The van der Waals surface area contributed by atoms with Crippen molar-refractivity contribution in [2.24, 2.45) is 0 Å². The van der Waals surface area contributed by atoms with Gasteiger partial charge in [0.1, 0.15) is 0 Å². The van der Waals surface area contributed by atoms with Gasteiger partial charge in [0.05, 0.1) is 18.6 Å². The van der Waals surface area contributed by atoms with Crippen LogP contribution in [0.4, 0.5) is 0 Å². The molecule has 5 heteroatoms. The van der Waals surface area contributed by atoms with E-state index in [9.17, 15) is 4.79 Å². The molecule has 4 heterocycles. The summed E-state index contributed by atoms with van der Waals surface area (Å²) in [7, 11) is 0. The number of fused-ring (bicyclic) bond motifs is 2. The third kappa shape index (κ3) is 2.79. The number of rotatable bonds is 2. The molecule has 4 rings (SSSR count). The molecular formula is C18H20N2O2S. The molecule has 0 bridgehead atoms. The molecule has 2 aromatic heterocycles. The molecule has 0 aliphatic carbocycles. The van der Waals surface area contributed by atoms with Crippen molar-refractivity contribution in [1.82, 2.24) is 9.88 Å². The number of likely N-dealkylation sites (tertiary alicyclic amines) is 1. The third-order valence-corrected chi connectivity index (χ3v) is 5.93. The van der Waals surface area contributed by atoms with Crippen LogP contribution in [0.5, 0.6) is 0 Å². The van der Waals surface area contributed by atoms with Crippen molar-refractivity contribution in [3.8, 4) is 0 Å². The van der Waals surface area contributed by atoms with Crippen molar-refractivity contribution >= 4 is 17.2 Å². The van der Waals surface area contributed by atoms with Gasteiger partial charge in [0.25, 0.3) is 0 Å². The number of hydrogen-bond acceptors (Lipinski definition) is 4. The molecule has 0 N–H and O–H groups in total. The highest BCUT2D eigenvalue weighted by Gasteiger charge is 2.42. The summed E-state index contributed by atoms with van der Waals surface area (Å²) in [5.74, 6) is 0.189. The van der Waals surface area contributed by atoms with Crippen LogP contribution in [0.15, 0.2) is 36.0 Å². The molecule has 1 amide bonds. The maximum atomic E-state index is 12.5. The molecule has 0 radical (unpaired) electrons. The highest BCUT2D eigenvalue weighted by Crippen LogP contribution is 2.43. The lowest BCUT2D eigenvalue weighted by molar-refractivity contribution is -0.139. The fourth-order valence-corrected chi connectivity index (χ4v) is 4.63. The largest absolute Gasteiger partial charge is 0.370 e. The standard InChI is InChI=1S/C18H20N2O2S/c21-17(12-14-2-1-7-19-13-14)20-8-5-18(6-9-20)15-4-11-23-16(15)3-10-22-18/h1-2,4,7,11,13H,3,5-6,8-10,12H2. The Hall–Kier alpha value is -1.72. The number of carbonyl (C=O) groups is 1. The summed E-state index contributed by atoms with van der Waals surface area (Å²) >= 11 is 1.83. The van der Waals surface area contributed by atoms with Crippen molar-refractivity contribution in [3.05, 3.63) is 52.0 Å². The van der Waals surface area contributed by atoms with Gasteiger partial charge in [-0.3, -0.25) is 9.78 Å². The van der Waals surface area contributed by atoms with E-state index >= 15 is 0 Å². The normalized spacial score (nSPS) is 19.6. The van der Waals surface area contributed by atoms with E-state index in [4.69, 9.17) is 4.74 Å². The second-order valence-electron chi connectivity index (χ2n) is 6.27. The summed E-state index contributed by atoms with van der Waals surface area (Å²) in [4.78, 5) is 20.0. The van der Waals surface area contributed by atoms with Crippen molar-refractivity contribution in [1.29, 1.82) is 0 Å². The molecule has 23 heavy (non-hydrogen) atoms. The monoisotopic (exact) mass is 328 g/mol. The molecule has 0 aromatic carbocycles. The van der Waals surface area contributed by atoms with Gasteiger partial charge in [-0.25, -0.2) is 0 Å². The van der Waals surface area contributed by atoms with Crippen molar-refractivity contribution in [3.63, 3.8) is 0 Å². The summed E-state index contributed by atoms with van der Waals surface area (Å²) in [5, 5.41) is 2.17. The van der Waals surface area contributed by atoms with E-state index in [0.29, 0.717) is 6.42 Å². The van der Waals surface area contributed by atoms with Crippen LogP contribution in [0.2, 0.25) is 0 Å². The second kappa shape index (κ2) is 6.06. The molecular weight excluding hydrogens is 308 g/mol. The van der Waals surface area contributed by atoms with Crippen molar-refractivity contribution in [2.75, 3.05) is 19.7 Å². The quantitative estimate of drug-likeness (QED) is 0.851. The van der Waals surface area contributed by atoms with Gasteiger partial charge in [-0.1, -0.05) is 6.07 Å². The Morgan fingerprint density at radius 1 is 1.35 bits per heavy atom. The molecule has 1 saturated heterocycles. The average Bonchev–Trinajstić information content (AvgIpc) is 3.07. The zero-order valence-corrected chi connectivity index (χ0v) is 13.8. The van der Waals surface area contributed by atoms with Crippen LogP contribution in [-0.2, 0) is 28.0 Å². The van der Waals surface area contributed by atoms with E-state index in [1.165, 1.54) is 10.4 Å². The number of ether oxygens (including phenoxy) is 1. The SMILES string of the molecule is O=C(Cc1cccnc1)N1CCC2(CC1)OCCc1sccc12. The van der Waals surface area contributed by atoms with Crippen LogP contribution in [0.1, 0.15) is 28.8 Å². The fraction of sp³-hybridized carbons (Fsp3) is 0.444. The fourth-order valence-electron chi connectivity index (χ4n) is 3.68. The zero-order valence-electron chi connectivity index (χ0n) is 13.0. The zero-order chi connectivity index (χ0) is 15.7. The summed E-state index contributed by atoms with van der Waals surface area (Å²) in [6.07, 6.45) is 6.76. The van der Waals surface area contributed by atoms with E-state index in [0.717, 1.165) is 44.5 Å². The first kappa shape index (κ1) is 14.8. The molecule has 2 aromatic rings. The Bertz CT molecular complexity index is 690. The number of thiophene rings is 1. The van der Waals surface area contributed by atoms with Gasteiger partial charge in [-0.2, -0.15) is 0 Å². The predicted molar refractivity (Wildman–Crippen MR) is 89.4 cm³/mol. The minimum absolute atomic E-state index is 0.154. The van der Waals surface area contributed by atoms with Crippen molar-refractivity contribution in [2.45, 2.75) is 31.3 Å². The summed E-state index contributed by atoms with van der Waals surface area (Å²) in [6, 6.07) is 6.05. The van der Waals surface area contributed by atoms with Crippen LogP contribution in [0.25, 0.3) is 0 Å². The molecule has 1 fully saturated rings. The van der Waals surface area contributed by atoms with Crippen LogP contribution in [-0.4, -0.2) is 35.5 Å². The lowest BCUT2D eigenvalue weighted by atomic mass is 9.82. The van der Waals surface area contributed by atoms with Gasteiger partial charge >= 0.3 is 0 Å². The highest BCUT2D eigenvalue weighted by atomic mass is 32.1. The van der Waals surface area contributed by atoms with Gasteiger partial charge in [-0.05, 0) is 41.5 Å². The number of amides is 1. The number of aromatic nitrogens is 1. The van der Waals surface area contributed by atoms with Gasteiger partial charge in [0, 0.05) is 36.8 Å². The van der Waals surface area contributed by atoms with Crippen molar-refractivity contribution < 1.29 is 9.53 Å². The van der Waals surface area contributed by atoms with Crippen LogP contribution < -0.4 is 0 Å². The Morgan fingerprint density at radius 3 is 3.00 bits per heavy atom. The van der Waals surface area contributed by atoms with Gasteiger partial charge in [-0.15, -0.1) is 11.3 Å². The third-order valence-electron chi connectivity index (χ3n) is 4.95. The number of pyridine rings is 1. The minimum atomic E-state index is -0.154. The first-order chi connectivity index (χ1) is 11.3. The van der Waals surface area contributed by atoms with E-state index in [2.05, 4.69) is 16.4 Å². The smallest absolute Gasteiger partial charge is 0.227 e. The molecule has 4 nitrogen and oxygen atoms in total. The molecule has 120 valence electrons. The Balaban J connectivity index is 1.43. The Kier molecular flexibility index (Phi) is 3.91. The maximum Gasteiger partial charge on any atom is 0.227 e. The molecule has 2 aliphatic heterocycles. The number of piperidine rings is 1. The van der Waals surface area contributed by atoms with E-state index in [1.54, 1.807) is 12.4 Å². The maximum absolute atomic E-state index is 12.5. The minimum Gasteiger partial charge on any atom is -0.370 e. The first-order valence-corrected chi connectivity index (χ1v) is 9.02. The van der Waals surface area contributed by atoms with Gasteiger partial charge in [0.2, 0.25) is 5.91 Å². The topological polar surface area (TPSA) is 42.4 Å². The number of carbonyl (C=O) groups excluding carboxylic acids is 1. The average molecular weight is 328 g/mol. The highest BCUT2D eigenvalue weighted by molar-refractivity contribution is 7.10. The molecule has 0 atom stereocenters. The van der Waals surface area contributed by atoms with E-state index in [1.807, 2.05) is 28.4 Å².